The van der Waals surface area contributed by atoms with E-state index in [9.17, 15) is 29.4 Å². The van der Waals surface area contributed by atoms with E-state index in [1.54, 1.807) is 20.8 Å². The van der Waals surface area contributed by atoms with Crippen LogP contribution in [0.1, 0.15) is 47.0 Å². The molecule has 0 aromatic carbocycles. The van der Waals surface area contributed by atoms with Gasteiger partial charge in [0.15, 0.2) is 0 Å². The molecule has 0 aromatic rings. The topological polar surface area (TPSA) is 139 Å². The second-order valence-corrected chi connectivity index (χ2v) is 6.91. The molecule has 0 saturated heterocycles. The molecule has 30 heavy (non-hydrogen) atoms. The molecule has 0 bridgehead atoms. The molecule has 0 aliphatic heterocycles. The average molecular weight is 438 g/mol. The van der Waals surface area contributed by atoms with Crippen LogP contribution >= 0.6 is 0 Å². The summed E-state index contributed by atoms with van der Waals surface area (Å²) >= 11 is 0. The SMILES string of the molecule is C=C(C)C(=O)OCC(O)COC(=O)C(CC(C)C(=O)OCC)CC(CC)C(=O)[O-].[Na+]. The Morgan fingerprint density at radius 3 is 2.00 bits per heavy atom. The molecule has 0 spiro atoms. The molecule has 1 N–H and O–H groups in total. The van der Waals surface area contributed by atoms with Gasteiger partial charge >= 0.3 is 47.5 Å². The summed E-state index contributed by atoms with van der Waals surface area (Å²) in [6.07, 6.45) is -1.04. The zero-order chi connectivity index (χ0) is 22.6. The van der Waals surface area contributed by atoms with Crippen molar-refractivity contribution in [2.45, 2.75) is 53.1 Å². The van der Waals surface area contributed by atoms with Crippen molar-refractivity contribution in [2.75, 3.05) is 19.8 Å². The minimum absolute atomic E-state index is 0. The molecule has 0 aliphatic carbocycles. The fraction of sp³-hybridized carbons (Fsp3) is 0.700. The van der Waals surface area contributed by atoms with Crippen molar-refractivity contribution in [3.8, 4) is 0 Å². The first-order chi connectivity index (χ1) is 13.5. The third kappa shape index (κ3) is 12.3. The zero-order valence-electron chi connectivity index (χ0n) is 18.5. The van der Waals surface area contributed by atoms with E-state index < -0.39 is 54.3 Å². The van der Waals surface area contributed by atoms with Crippen molar-refractivity contribution < 1.29 is 73.2 Å². The van der Waals surface area contributed by atoms with Crippen molar-refractivity contribution in [1.82, 2.24) is 0 Å². The quantitative estimate of drug-likeness (QED) is 0.134. The number of carbonyl (C=O) groups excluding carboxylic acids is 4. The Hall–Kier alpha value is -1.42. The van der Waals surface area contributed by atoms with Gasteiger partial charge in [-0.05, 0) is 39.0 Å². The summed E-state index contributed by atoms with van der Waals surface area (Å²) in [5.41, 5.74) is 0.162. The normalized spacial score (nSPS) is 14.3. The minimum Gasteiger partial charge on any atom is -0.550 e. The molecule has 0 heterocycles. The molecule has 0 rings (SSSR count). The number of carbonyl (C=O) groups is 4. The maximum Gasteiger partial charge on any atom is 1.00 e. The first kappa shape index (κ1) is 30.8. The first-order valence-electron chi connectivity index (χ1n) is 9.58. The van der Waals surface area contributed by atoms with Gasteiger partial charge in [0.05, 0.1) is 18.4 Å². The summed E-state index contributed by atoms with van der Waals surface area (Å²) in [6.45, 7) is 9.08. The van der Waals surface area contributed by atoms with Crippen LogP contribution in [-0.4, -0.2) is 54.9 Å². The van der Waals surface area contributed by atoms with Gasteiger partial charge in [-0.15, -0.1) is 0 Å². The number of ether oxygens (including phenoxy) is 3. The van der Waals surface area contributed by atoms with Gasteiger partial charge in [-0.25, -0.2) is 4.79 Å². The fourth-order valence-electron chi connectivity index (χ4n) is 2.51. The number of rotatable bonds is 14. The Morgan fingerprint density at radius 1 is 0.967 bits per heavy atom. The van der Waals surface area contributed by atoms with Crippen LogP contribution < -0.4 is 34.7 Å². The van der Waals surface area contributed by atoms with E-state index in [0.717, 1.165) is 0 Å². The molecule has 166 valence electrons. The molecule has 0 aromatic heterocycles. The van der Waals surface area contributed by atoms with Crippen LogP contribution in [0.4, 0.5) is 0 Å². The molecule has 9 nitrogen and oxygen atoms in total. The Bertz CT molecular complexity index is 591. The first-order valence-corrected chi connectivity index (χ1v) is 9.58. The summed E-state index contributed by atoms with van der Waals surface area (Å²) in [4.78, 5) is 46.9. The van der Waals surface area contributed by atoms with Crippen molar-refractivity contribution >= 4 is 23.9 Å². The van der Waals surface area contributed by atoms with E-state index in [-0.39, 0.29) is 67.6 Å². The maximum atomic E-state index is 12.5. The van der Waals surface area contributed by atoms with Crippen LogP contribution in [0.25, 0.3) is 0 Å². The fourth-order valence-corrected chi connectivity index (χ4v) is 2.51. The molecule has 0 fully saturated rings. The number of hydrogen-bond acceptors (Lipinski definition) is 9. The molecular formula is C20H31NaO9. The minimum atomic E-state index is -1.29. The van der Waals surface area contributed by atoms with Gasteiger partial charge in [0, 0.05) is 11.5 Å². The second-order valence-electron chi connectivity index (χ2n) is 6.91. The number of aliphatic carboxylic acids is 1. The van der Waals surface area contributed by atoms with Crippen LogP contribution in [0.3, 0.4) is 0 Å². The summed E-state index contributed by atoms with van der Waals surface area (Å²) in [5, 5.41) is 21.0. The Morgan fingerprint density at radius 2 is 1.53 bits per heavy atom. The van der Waals surface area contributed by atoms with Crippen LogP contribution in [-0.2, 0) is 33.4 Å². The van der Waals surface area contributed by atoms with Crippen molar-refractivity contribution in [3.05, 3.63) is 12.2 Å². The Labute approximate surface area is 199 Å². The van der Waals surface area contributed by atoms with E-state index in [2.05, 4.69) is 6.58 Å². The number of aliphatic hydroxyl groups is 1. The Kier molecular flexibility index (Phi) is 16.7. The van der Waals surface area contributed by atoms with E-state index in [0.29, 0.717) is 0 Å². The summed E-state index contributed by atoms with van der Waals surface area (Å²) in [7, 11) is 0. The molecular weight excluding hydrogens is 407 g/mol. The van der Waals surface area contributed by atoms with E-state index in [1.807, 2.05) is 0 Å². The molecule has 0 aliphatic rings. The van der Waals surface area contributed by atoms with Gasteiger partial charge in [-0.1, -0.05) is 20.4 Å². The second kappa shape index (κ2) is 16.3. The molecule has 0 saturated carbocycles. The smallest absolute Gasteiger partial charge is 0.550 e. The van der Waals surface area contributed by atoms with Crippen molar-refractivity contribution in [3.63, 3.8) is 0 Å². The molecule has 4 atom stereocenters. The van der Waals surface area contributed by atoms with E-state index in [4.69, 9.17) is 14.2 Å². The molecule has 4 unspecified atom stereocenters. The average Bonchev–Trinajstić information content (AvgIpc) is 2.66. The number of esters is 3. The zero-order valence-corrected chi connectivity index (χ0v) is 20.5. The van der Waals surface area contributed by atoms with Gasteiger partial charge in [-0.2, -0.15) is 0 Å². The third-order valence-electron chi connectivity index (χ3n) is 4.23. The summed E-state index contributed by atoms with van der Waals surface area (Å²) in [5.74, 6) is -5.67. The van der Waals surface area contributed by atoms with Crippen LogP contribution in [0.5, 0.6) is 0 Å². The van der Waals surface area contributed by atoms with Gasteiger partial charge in [-0.3, -0.25) is 9.59 Å². The summed E-state index contributed by atoms with van der Waals surface area (Å²) in [6, 6.07) is 0. The third-order valence-corrected chi connectivity index (χ3v) is 4.23. The predicted molar refractivity (Wildman–Crippen MR) is 100 cm³/mol. The van der Waals surface area contributed by atoms with Gasteiger partial charge < -0.3 is 29.2 Å². The van der Waals surface area contributed by atoms with Crippen LogP contribution in [0.15, 0.2) is 12.2 Å². The number of carboxylic acid groups (broad SMARTS) is 1. The van der Waals surface area contributed by atoms with E-state index in [1.165, 1.54) is 6.92 Å². The largest absolute Gasteiger partial charge is 1.00 e. The summed E-state index contributed by atoms with van der Waals surface area (Å²) < 4.78 is 14.7. The predicted octanol–water partition coefficient (Wildman–Crippen LogP) is -2.61. The van der Waals surface area contributed by atoms with E-state index >= 15 is 0 Å². The number of carboxylic acids is 1. The number of aliphatic hydroxyl groups excluding tert-OH is 1. The standard InChI is InChI=1S/C20H32O9.Na/c1-6-14(17(22)23)9-15(8-13(5)19(25)27-7-2)20(26)29-11-16(21)10-28-18(24)12(3)4;/h13-16,21H,3,6-11H2,1-2,4-5H3,(H,22,23);/q;+1/p-1. The van der Waals surface area contributed by atoms with Gasteiger partial charge in [0.25, 0.3) is 0 Å². The van der Waals surface area contributed by atoms with Crippen LogP contribution in [0, 0.1) is 17.8 Å². The van der Waals surface area contributed by atoms with Crippen molar-refractivity contribution in [1.29, 1.82) is 0 Å². The molecule has 10 heteroatoms. The monoisotopic (exact) mass is 438 g/mol. The molecule has 0 amide bonds. The van der Waals surface area contributed by atoms with Gasteiger partial charge in [0.2, 0.25) is 0 Å². The van der Waals surface area contributed by atoms with Crippen molar-refractivity contribution in [2.24, 2.45) is 17.8 Å². The van der Waals surface area contributed by atoms with Crippen LogP contribution in [0.2, 0.25) is 0 Å². The van der Waals surface area contributed by atoms with Gasteiger partial charge in [0.1, 0.15) is 19.3 Å². The maximum absolute atomic E-state index is 12.5. The number of hydrogen-bond donors (Lipinski definition) is 1. The molecule has 0 radical (unpaired) electrons. The Balaban J connectivity index is 0.